The number of esters is 1. The summed E-state index contributed by atoms with van der Waals surface area (Å²) in [7, 11) is 1.15. The van der Waals surface area contributed by atoms with E-state index in [4.69, 9.17) is 18.6 Å². The van der Waals surface area contributed by atoms with Gasteiger partial charge in [0.05, 0.1) is 12.2 Å². The van der Waals surface area contributed by atoms with Crippen LogP contribution in [0.1, 0.15) is 62.8 Å². The summed E-state index contributed by atoms with van der Waals surface area (Å²) in [6.07, 6.45) is 3.54. The molecule has 214 valence electrons. The van der Waals surface area contributed by atoms with Crippen LogP contribution in [-0.2, 0) is 30.0 Å². The molecule has 2 rings (SSSR count). The Morgan fingerprint density at radius 3 is 2.35 bits per heavy atom. The Labute approximate surface area is 242 Å². The number of ether oxygens (including phenoxy) is 3. The van der Waals surface area contributed by atoms with Crippen molar-refractivity contribution in [1.82, 2.24) is 0 Å². The van der Waals surface area contributed by atoms with Gasteiger partial charge in [-0.05, 0) is 48.7 Å². The number of benzene rings is 2. The van der Waals surface area contributed by atoms with Gasteiger partial charge in [0.2, 0.25) is 0 Å². The van der Waals surface area contributed by atoms with Crippen molar-refractivity contribution in [2.45, 2.75) is 70.9 Å². The Balaban J connectivity index is 2.53. The molecule has 0 radical (unpaired) electrons. The van der Waals surface area contributed by atoms with Crippen LogP contribution in [0, 0.1) is 23.7 Å². The minimum absolute atomic E-state index is 0.0681. The van der Waals surface area contributed by atoms with Crippen LogP contribution in [0.15, 0.2) is 66.2 Å². The fraction of sp³-hybridized carbons (Fsp3) is 0.441. The first-order valence-corrected chi connectivity index (χ1v) is 16.6. The number of carbonyl (C=O) groups is 1. The lowest BCUT2D eigenvalue weighted by molar-refractivity contribution is -0.151. The van der Waals surface area contributed by atoms with Crippen molar-refractivity contribution in [1.29, 1.82) is 0 Å². The van der Waals surface area contributed by atoms with Crippen molar-refractivity contribution < 1.29 is 23.4 Å². The average Bonchev–Trinajstić information content (AvgIpc) is 2.92. The van der Waals surface area contributed by atoms with Crippen molar-refractivity contribution in [2.75, 3.05) is 27.4 Å². The molecule has 0 saturated carbocycles. The maximum absolute atomic E-state index is 12.7. The van der Waals surface area contributed by atoms with Gasteiger partial charge in [-0.2, -0.15) is 0 Å². The fourth-order valence-corrected chi connectivity index (χ4v) is 4.44. The number of hydrogen-bond donors (Lipinski definition) is 0. The maximum atomic E-state index is 12.7. The molecule has 2 aromatic carbocycles. The van der Waals surface area contributed by atoms with Crippen molar-refractivity contribution >= 4 is 14.3 Å². The van der Waals surface area contributed by atoms with E-state index in [0.29, 0.717) is 25.2 Å². The van der Waals surface area contributed by atoms with Crippen LogP contribution in [0.3, 0.4) is 0 Å². The van der Waals surface area contributed by atoms with Crippen molar-refractivity contribution in [3.05, 3.63) is 82.9 Å². The molecule has 1 atom stereocenters. The van der Waals surface area contributed by atoms with Crippen LogP contribution in [0.25, 0.3) is 0 Å². The molecule has 0 aliphatic heterocycles. The predicted molar refractivity (Wildman–Crippen MR) is 164 cm³/mol. The summed E-state index contributed by atoms with van der Waals surface area (Å²) in [5.74, 6) is 12.3. The third-order valence-electron chi connectivity index (χ3n) is 6.88. The largest absolute Gasteiger partial charge is 0.450 e. The summed E-state index contributed by atoms with van der Waals surface area (Å²) < 4.78 is 22.8. The van der Waals surface area contributed by atoms with Gasteiger partial charge in [-0.3, -0.25) is 0 Å². The summed E-state index contributed by atoms with van der Waals surface area (Å²) in [6.45, 7) is 12.1. The van der Waals surface area contributed by atoms with Gasteiger partial charge in [0.25, 0.3) is 0 Å². The second-order valence-corrected chi connectivity index (χ2v) is 15.8. The second kappa shape index (κ2) is 16.9. The van der Waals surface area contributed by atoms with Crippen molar-refractivity contribution in [3.8, 4) is 23.7 Å². The highest BCUT2D eigenvalue weighted by Crippen LogP contribution is 2.38. The quantitative estimate of drug-likeness (QED) is 0.119. The molecule has 0 aromatic heterocycles. The number of unbranched alkanes of at least 4 members (excludes halogenated alkanes) is 2. The van der Waals surface area contributed by atoms with E-state index in [2.05, 4.69) is 57.5 Å². The highest BCUT2D eigenvalue weighted by atomic mass is 28.4. The summed E-state index contributed by atoms with van der Waals surface area (Å²) in [5.41, 5.74) is 3.28. The van der Waals surface area contributed by atoms with Crippen LogP contribution in [0.4, 0.5) is 0 Å². The van der Waals surface area contributed by atoms with E-state index in [0.717, 1.165) is 29.5 Å². The minimum Gasteiger partial charge on any atom is -0.450 e. The molecule has 40 heavy (non-hydrogen) atoms. The van der Waals surface area contributed by atoms with Crippen molar-refractivity contribution in [3.63, 3.8) is 0 Å². The van der Waals surface area contributed by atoms with Gasteiger partial charge in [-0.1, -0.05) is 86.9 Å². The highest BCUT2D eigenvalue weighted by Gasteiger charge is 2.37. The molecule has 6 heteroatoms. The molecule has 0 fully saturated rings. The van der Waals surface area contributed by atoms with Gasteiger partial charge in [-0.25, -0.2) is 4.79 Å². The van der Waals surface area contributed by atoms with Crippen LogP contribution >= 0.6 is 0 Å². The predicted octanol–water partition coefficient (Wildman–Crippen LogP) is 7.24. The third-order valence-corrected chi connectivity index (χ3v) is 11.4. The molecule has 5 nitrogen and oxygen atoms in total. The monoisotopic (exact) mass is 560 g/mol. The molecular formula is C34H44O5Si. The van der Waals surface area contributed by atoms with E-state index in [1.807, 2.05) is 54.6 Å². The molecule has 0 aliphatic rings. The van der Waals surface area contributed by atoms with Crippen molar-refractivity contribution in [2.24, 2.45) is 0 Å². The Morgan fingerprint density at radius 2 is 1.68 bits per heavy atom. The van der Waals surface area contributed by atoms with E-state index < -0.39 is 20.4 Å². The summed E-state index contributed by atoms with van der Waals surface area (Å²) in [5, 5.41) is 0.0681. The Bertz CT molecular complexity index is 1220. The standard InChI is InChI=1S/C34H44O5Si/c1-34(2,3)40(6,7)38-26-30-22-14-15-24-31(30)33(39-32(35)27-37-5)29(21-13-8-9-16-25-36-4)23-17-20-28-18-11-10-12-19-28/h10-12,14-15,18-19,22-24,33H,8-9,16,25-27H2,1-7H3/b29-23-. The zero-order chi connectivity index (χ0) is 29.4. The molecule has 0 spiro atoms. The van der Waals surface area contributed by atoms with E-state index in [-0.39, 0.29) is 11.6 Å². The van der Waals surface area contributed by atoms with E-state index in [9.17, 15) is 4.79 Å². The molecule has 0 heterocycles. The van der Waals surface area contributed by atoms with Crippen LogP contribution in [0.2, 0.25) is 18.1 Å². The number of carbonyl (C=O) groups excluding carboxylic acids is 1. The summed E-state index contributed by atoms with van der Waals surface area (Å²) in [4.78, 5) is 12.7. The lowest BCUT2D eigenvalue weighted by atomic mass is 9.96. The number of hydrogen-bond acceptors (Lipinski definition) is 5. The number of methoxy groups -OCH3 is 2. The first kappa shape index (κ1) is 33.1. The molecule has 2 aromatic rings. The highest BCUT2D eigenvalue weighted by molar-refractivity contribution is 6.74. The normalized spacial score (nSPS) is 12.5. The topological polar surface area (TPSA) is 54.0 Å². The van der Waals surface area contributed by atoms with Gasteiger partial charge in [0, 0.05) is 44.5 Å². The summed E-state index contributed by atoms with van der Waals surface area (Å²) >= 11 is 0. The Hall–Kier alpha value is -3.13. The molecule has 0 aliphatic carbocycles. The van der Waals surface area contributed by atoms with Gasteiger partial charge >= 0.3 is 5.97 Å². The van der Waals surface area contributed by atoms with Gasteiger partial charge in [0.1, 0.15) is 6.61 Å². The zero-order valence-corrected chi connectivity index (χ0v) is 26.1. The molecule has 0 bridgehead atoms. The first-order valence-electron chi connectivity index (χ1n) is 13.7. The molecule has 0 N–H and O–H groups in total. The molecule has 0 saturated heterocycles. The first-order chi connectivity index (χ1) is 19.1. The maximum Gasteiger partial charge on any atom is 0.333 e. The van der Waals surface area contributed by atoms with Gasteiger partial charge in [0.15, 0.2) is 14.4 Å². The molecular weight excluding hydrogens is 516 g/mol. The van der Waals surface area contributed by atoms with Crippen LogP contribution in [0.5, 0.6) is 0 Å². The lowest BCUT2D eigenvalue weighted by Gasteiger charge is -2.36. The average molecular weight is 561 g/mol. The van der Waals surface area contributed by atoms with Crippen LogP contribution in [-0.4, -0.2) is 41.7 Å². The molecule has 0 amide bonds. The summed E-state index contributed by atoms with van der Waals surface area (Å²) in [6, 6.07) is 17.6. The SMILES string of the molecule is COCCCCC#C/C(=C/C#Cc1ccccc1)C(OC(=O)COC)c1ccccc1CO[Si](C)(C)C(C)(C)C. The van der Waals surface area contributed by atoms with Gasteiger partial charge < -0.3 is 18.6 Å². The zero-order valence-electron chi connectivity index (χ0n) is 25.1. The smallest absolute Gasteiger partial charge is 0.333 e. The Morgan fingerprint density at radius 1 is 0.975 bits per heavy atom. The van der Waals surface area contributed by atoms with Crippen LogP contribution < -0.4 is 0 Å². The molecule has 1 unspecified atom stereocenters. The van der Waals surface area contributed by atoms with E-state index in [1.54, 1.807) is 13.2 Å². The fourth-order valence-electron chi connectivity index (χ4n) is 3.49. The number of allylic oxidation sites excluding steroid dienone is 1. The Kier molecular flexibility index (Phi) is 13.9. The second-order valence-electron chi connectivity index (χ2n) is 11.0. The van der Waals surface area contributed by atoms with Gasteiger partial charge in [-0.15, -0.1) is 0 Å². The lowest BCUT2D eigenvalue weighted by Crippen LogP contribution is -2.40. The number of rotatable bonds is 12. The van der Waals surface area contributed by atoms with E-state index in [1.165, 1.54) is 7.11 Å². The van der Waals surface area contributed by atoms with E-state index >= 15 is 0 Å². The minimum atomic E-state index is -2.02. The third kappa shape index (κ3) is 11.2.